The minimum absolute atomic E-state index is 0.544. The lowest BCUT2D eigenvalue weighted by molar-refractivity contribution is 0.232. The van der Waals surface area contributed by atoms with Crippen molar-refractivity contribution in [1.82, 2.24) is 9.78 Å². The maximum atomic E-state index is 4.35. The normalized spacial score (nSPS) is 21.5. The summed E-state index contributed by atoms with van der Waals surface area (Å²) in [4.78, 5) is 0. The fourth-order valence-electron chi connectivity index (χ4n) is 2.24. The van der Waals surface area contributed by atoms with Gasteiger partial charge in [-0.25, -0.2) is 0 Å². The zero-order chi connectivity index (χ0) is 10.9. The third-order valence-corrected chi connectivity index (χ3v) is 3.40. The first kappa shape index (κ1) is 10.5. The predicted molar refractivity (Wildman–Crippen MR) is 62.9 cm³/mol. The highest BCUT2D eigenvalue weighted by atomic mass is 15.3. The molecular weight excluding hydrogens is 186 g/mol. The average molecular weight is 207 g/mol. The Morgan fingerprint density at radius 2 is 2.07 bits per heavy atom. The lowest BCUT2D eigenvalue weighted by Crippen LogP contribution is -2.30. The molecular formula is C12H21N3. The van der Waals surface area contributed by atoms with E-state index in [0.717, 1.165) is 5.82 Å². The van der Waals surface area contributed by atoms with Gasteiger partial charge in [0.25, 0.3) is 0 Å². The molecule has 3 heteroatoms. The molecule has 0 aromatic carbocycles. The molecule has 1 fully saturated rings. The van der Waals surface area contributed by atoms with Gasteiger partial charge in [0.2, 0.25) is 0 Å². The number of nitrogens with zero attached hydrogens (tertiary/aromatic N) is 2. The van der Waals surface area contributed by atoms with Crippen LogP contribution in [0.3, 0.4) is 0 Å². The molecule has 1 aromatic heterocycles. The second kappa shape index (κ2) is 3.87. The maximum Gasteiger partial charge on any atom is 0.148 e. The van der Waals surface area contributed by atoms with E-state index in [1.807, 2.05) is 24.0 Å². The van der Waals surface area contributed by atoms with Crippen molar-refractivity contribution in [2.45, 2.75) is 45.6 Å². The molecule has 15 heavy (non-hydrogen) atoms. The lowest BCUT2D eigenvalue weighted by atomic mass is 9.75. The van der Waals surface area contributed by atoms with Gasteiger partial charge < -0.3 is 5.32 Å². The van der Waals surface area contributed by atoms with Crippen LogP contribution in [-0.4, -0.2) is 15.8 Å². The van der Waals surface area contributed by atoms with Crippen molar-refractivity contribution in [3.63, 3.8) is 0 Å². The molecule has 1 aromatic rings. The van der Waals surface area contributed by atoms with Crippen molar-refractivity contribution in [2.24, 2.45) is 12.5 Å². The first-order valence-corrected chi connectivity index (χ1v) is 5.81. The molecule has 1 aliphatic carbocycles. The van der Waals surface area contributed by atoms with E-state index in [-0.39, 0.29) is 0 Å². The van der Waals surface area contributed by atoms with Crippen LogP contribution < -0.4 is 5.32 Å². The average Bonchev–Trinajstić information content (AvgIpc) is 2.55. The first-order valence-electron chi connectivity index (χ1n) is 5.81. The van der Waals surface area contributed by atoms with E-state index >= 15 is 0 Å². The van der Waals surface area contributed by atoms with Crippen LogP contribution in [0.4, 0.5) is 5.82 Å². The van der Waals surface area contributed by atoms with Gasteiger partial charge in [-0.3, -0.25) is 4.68 Å². The highest BCUT2D eigenvalue weighted by Gasteiger charge is 2.26. The summed E-state index contributed by atoms with van der Waals surface area (Å²) in [6.07, 6.45) is 7.15. The van der Waals surface area contributed by atoms with Crippen molar-refractivity contribution in [3.05, 3.63) is 12.3 Å². The van der Waals surface area contributed by atoms with Crippen molar-refractivity contribution >= 4 is 5.82 Å². The van der Waals surface area contributed by atoms with Gasteiger partial charge in [-0.2, -0.15) is 5.10 Å². The van der Waals surface area contributed by atoms with Crippen LogP contribution in [0.5, 0.6) is 0 Å². The molecule has 0 radical (unpaired) electrons. The number of hydrogen-bond donors (Lipinski definition) is 1. The summed E-state index contributed by atoms with van der Waals surface area (Å²) in [5.74, 6) is 1.02. The van der Waals surface area contributed by atoms with E-state index in [2.05, 4.69) is 24.3 Å². The lowest BCUT2D eigenvalue weighted by Gasteiger charge is -2.34. The second-order valence-electron chi connectivity index (χ2n) is 5.46. The van der Waals surface area contributed by atoms with E-state index in [1.54, 1.807) is 0 Å². The molecule has 0 spiro atoms. The summed E-state index contributed by atoms with van der Waals surface area (Å²) in [6.45, 7) is 4.73. The molecule has 84 valence electrons. The fraction of sp³-hybridized carbons (Fsp3) is 0.750. The van der Waals surface area contributed by atoms with Gasteiger partial charge in [-0.1, -0.05) is 13.8 Å². The van der Waals surface area contributed by atoms with Crippen LogP contribution in [0, 0.1) is 5.41 Å². The predicted octanol–water partition coefficient (Wildman–Crippen LogP) is 2.80. The Bertz CT molecular complexity index is 317. The van der Waals surface area contributed by atoms with Crippen LogP contribution in [0.25, 0.3) is 0 Å². The molecule has 1 heterocycles. The number of anilines is 1. The van der Waals surface area contributed by atoms with Crippen molar-refractivity contribution in [1.29, 1.82) is 0 Å². The van der Waals surface area contributed by atoms with Gasteiger partial charge >= 0.3 is 0 Å². The third-order valence-electron chi connectivity index (χ3n) is 3.40. The Labute approximate surface area is 91.9 Å². The van der Waals surface area contributed by atoms with Crippen LogP contribution in [0.2, 0.25) is 0 Å². The van der Waals surface area contributed by atoms with Gasteiger partial charge in [0, 0.05) is 25.4 Å². The maximum absolute atomic E-state index is 4.35. The molecule has 1 N–H and O–H groups in total. The summed E-state index contributed by atoms with van der Waals surface area (Å²) in [7, 11) is 1.95. The summed E-state index contributed by atoms with van der Waals surface area (Å²) in [5.41, 5.74) is 0.544. The highest BCUT2D eigenvalue weighted by Crippen LogP contribution is 2.35. The molecule has 0 saturated heterocycles. The second-order valence-corrected chi connectivity index (χ2v) is 5.46. The topological polar surface area (TPSA) is 29.9 Å². The Morgan fingerprint density at radius 1 is 1.40 bits per heavy atom. The summed E-state index contributed by atoms with van der Waals surface area (Å²) < 4.78 is 1.84. The van der Waals surface area contributed by atoms with Gasteiger partial charge in [0.1, 0.15) is 5.82 Å². The van der Waals surface area contributed by atoms with Gasteiger partial charge in [0.05, 0.1) is 0 Å². The molecule has 1 saturated carbocycles. The molecule has 0 unspecified atom stereocenters. The molecule has 3 nitrogen and oxygen atoms in total. The molecule has 0 atom stereocenters. The monoisotopic (exact) mass is 207 g/mol. The minimum atomic E-state index is 0.544. The summed E-state index contributed by atoms with van der Waals surface area (Å²) >= 11 is 0. The molecule has 0 bridgehead atoms. The van der Waals surface area contributed by atoms with Gasteiger partial charge in [-0.05, 0) is 31.1 Å². The van der Waals surface area contributed by atoms with Crippen molar-refractivity contribution in [3.8, 4) is 0 Å². The smallest absolute Gasteiger partial charge is 0.148 e. The summed E-state index contributed by atoms with van der Waals surface area (Å²) in [5, 5.41) is 7.85. The largest absolute Gasteiger partial charge is 0.366 e. The highest BCUT2D eigenvalue weighted by molar-refractivity contribution is 5.33. The van der Waals surface area contributed by atoms with E-state index in [1.165, 1.54) is 25.7 Å². The third kappa shape index (κ3) is 2.74. The molecule has 0 aliphatic heterocycles. The number of aryl methyl sites for hydroxylation is 1. The first-order chi connectivity index (χ1) is 7.05. The van der Waals surface area contributed by atoms with Crippen LogP contribution in [0.15, 0.2) is 12.3 Å². The minimum Gasteiger partial charge on any atom is -0.366 e. The Hall–Kier alpha value is -0.990. The zero-order valence-corrected chi connectivity index (χ0v) is 9.95. The fourth-order valence-corrected chi connectivity index (χ4v) is 2.24. The van der Waals surface area contributed by atoms with Crippen LogP contribution in [0.1, 0.15) is 39.5 Å². The van der Waals surface area contributed by atoms with E-state index in [4.69, 9.17) is 0 Å². The van der Waals surface area contributed by atoms with Crippen LogP contribution in [-0.2, 0) is 7.05 Å². The van der Waals surface area contributed by atoms with E-state index in [9.17, 15) is 0 Å². The number of aromatic nitrogens is 2. The standard InChI is InChI=1S/C12H21N3/c1-12(2)7-4-10(5-8-12)13-11-6-9-15(3)14-11/h6,9-10H,4-5,7-8H2,1-3H3,(H,13,14). The van der Waals surface area contributed by atoms with Crippen molar-refractivity contribution in [2.75, 3.05) is 5.32 Å². The Kier molecular flexibility index (Phi) is 2.72. The Morgan fingerprint density at radius 3 is 2.60 bits per heavy atom. The molecule has 2 rings (SSSR count). The summed E-state index contributed by atoms with van der Waals surface area (Å²) in [6, 6.07) is 2.66. The molecule has 1 aliphatic rings. The van der Waals surface area contributed by atoms with Crippen LogP contribution >= 0.6 is 0 Å². The SMILES string of the molecule is Cn1ccc(NC2CCC(C)(C)CC2)n1. The zero-order valence-electron chi connectivity index (χ0n) is 9.95. The number of nitrogens with one attached hydrogen (secondary N) is 1. The van der Waals surface area contributed by atoms with Gasteiger partial charge in [0.15, 0.2) is 0 Å². The van der Waals surface area contributed by atoms with Gasteiger partial charge in [-0.15, -0.1) is 0 Å². The number of hydrogen-bond acceptors (Lipinski definition) is 2. The van der Waals surface area contributed by atoms with E-state index < -0.39 is 0 Å². The van der Waals surface area contributed by atoms with Crippen molar-refractivity contribution < 1.29 is 0 Å². The molecule has 0 amide bonds. The number of rotatable bonds is 2. The Balaban J connectivity index is 1.87. The van der Waals surface area contributed by atoms with E-state index in [0.29, 0.717) is 11.5 Å². The quantitative estimate of drug-likeness (QED) is 0.808.